The van der Waals surface area contributed by atoms with E-state index in [1.165, 1.54) is 71.1 Å². The molecule has 0 bridgehead atoms. The lowest BCUT2D eigenvalue weighted by Crippen LogP contribution is -2.55. The predicted octanol–water partition coefficient (Wildman–Crippen LogP) is 2.41. The number of hydrogen-bond donors (Lipinski definition) is 1. The second kappa shape index (κ2) is 6.11. The van der Waals surface area contributed by atoms with E-state index in [1.807, 2.05) is 0 Å². The van der Waals surface area contributed by atoms with Gasteiger partial charge in [-0.3, -0.25) is 4.90 Å². The van der Waals surface area contributed by atoms with Gasteiger partial charge in [-0.25, -0.2) is 0 Å². The quantitative estimate of drug-likeness (QED) is 0.830. The Morgan fingerprint density at radius 1 is 1.32 bits per heavy atom. The summed E-state index contributed by atoms with van der Waals surface area (Å²) in [4.78, 5) is 2.81. The van der Waals surface area contributed by atoms with Gasteiger partial charge in [0.05, 0.1) is 6.10 Å². The molecule has 0 amide bonds. The lowest BCUT2D eigenvalue weighted by Gasteiger charge is -2.49. The first kappa shape index (κ1) is 13.8. The van der Waals surface area contributed by atoms with Crippen molar-refractivity contribution in [2.45, 2.75) is 64.0 Å². The molecule has 0 aromatic carbocycles. The highest BCUT2D eigenvalue weighted by Crippen LogP contribution is 2.38. The Balaban J connectivity index is 1.61. The Labute approximate surface area is 118 Å². The zero-order valence-electron chi connectivity index (χ0n) is 12.5. The molecule has 0 aromatic rings. The minimum absolute atomic E-state index is 0.515. The van der Waals surface area contributed by atoms with Crippen molar-refractivity contribution in [3.63, 3.8) is 0 Å². The van der Waals surface area contributed by atoms with Crippen LogP contribution in [0.15, 0.2) is 0 Å². The van der Waals surface area contributed by atoms with Crippen LogP contribution >= 0.6 is 0 Å². The van der Waals surface area contributed by atoms with Crippen molar-refractivity contribution in [2.24, 2.45) is 5.41 Å². The van der Waals surface area contributed by atoms with Crippen molar-refractivity contribution in [2.75, 3.05) is 32.8 Å². The van der Waals surface area contributed by atoms with Crippen LogP contribution in [-0.2, 0) is 4.74 Å². The zero-order chi connectivity index (χ0) is 13.1. The number of rotatable bonds is 2. The van der Waals surface area contributed by atoms with Crippen molar-refractivity contribution < 1.29 is 4.74 Å². The second-order valence-electron chi connectivity index (χ2n) is 6.93. The normalized spacial score (nSPS) is 41.5. The Kier molecular flexibility index (Phi) is 4.45. The molecule has 110 valence electrons. The molecular formula is C16H30N2O. The van der Waals surface area contributed by atoms with Crippen LogP contribution in [0, 0.1) is 5.41 Å². The van der Waals surface area contributed by atoms with Crippen molar-refractivity contribution in [1.29, 1.82) is 0 Å². The summed E-state index contributed by atoms with van der Waals surface area (Å²) in [6.45, 7) is 8.38. The third kappa shape index (κ3) is 3.14. The van der Waals surface area contributed by atoms with E-state index in [0.29, 0.717) is 11.5 Å². The predicted molar refractivity (Wildman–Crippen MR) is 78.4 cm³/mol. The van der Waals surface area contributed by atoms with Crippen LogP contribution in [-0.4, -0.2) is 49.8 Å². The molecule has 0 saturated carbocycles. The monoisotopic (exact) mass is 266 g/mol. The molecule has 3 aliphatic heterocycles. The van der Waals surface area contributed by atoms with Gasteiger partial charge in [0.25, 0.3) is 0 Å². The van der Waals surface area contributed by atoms with Gasteiger partial charge in [-0.1, -0.05) is 6.92 Å². The average Bonchev–Trinajstić information content (AvgIpc) is 2.48. The van der Waals surface area contributed by atoms with Crippen LogP contribution in [0.3, 0.4) is 0 Å². The van der Waals surface area contributed by atoms with Gasteiger partial charge in [0, 0.05) is 25.7 Å². The van der Waals surface area contributed by atoms with Crippen molar-refractivity contribution in [3.8, 4) is 0 Å². The largest absolute Gasteiger partial charge is 0.378 e. The van der Waals surface area contributed by atoms with Crippen molar-refractivity contribution in [1.82, 2.24) is 10.2 Å². The van der Waals surface area contributed by atoms with E-state index in [9.17, 15) is 0 Å². The van der Waals surface area contributed by atoms with Crippen LogP contribution in [0.4, 0.5) is 0 Å². The number of hydrogen-bond acceptors (Lipinski definition) is 3. The van der Waals surface area contributed by atoms with E-state index in [2.05, 4.69) is 17.1 Å². The molecule has 3 fully saturated rings. The summed E-state index contributed by atoms with van der Waals surface area (Å²) in [7, 11) is 0. The summed E-state index contributed by atoms with van der Waals surface area (Å²) in [6.07, 6.45) is 9.86. The minimum Gasteiger partial charge on any atom is -0.378 e. The number of nitrogens with zero attached hydrogens (tertiary/aromatic N) is 1. The van der Waals surface area contributed by atoms with E-state index in [1.54, 1.807) is 0 Å². The molecule has 19 heavy (non-hydrogen) atoms. The molecule has 0 radical (unpaired) electrons. The summed E-state index contributed by atoms with van der Waals surface area (Å²) in [5, 5.41) is 3.64. The highest BCUT2D eigenvalue weighted by atomic mass is 16.5. The van der Waals surface area contributed by atoms with E-state index < -0.39 is 0 Å². The van der Waals surface area contributed by atoms with Crippen LogP contribution in [0.2, 0.25) is 0 Å². The molecule has 0 aromatic heterocycles. The van der Waals surface area contributed by atoms with E-state index >= 15 is 0 Å². The third-order valence-corrected chi connectivity index (χ3v) is 5.56. The number of likely N-dealkylation sites (tertiary alicyclic amines) is 1. The van der Waals surface area contributed by atoms with Crippen molar-refractivity contribution >= 4 is 0 Å². The molecule has 3 aliphatic rings. The molecule has 0 aliphatic carbocycles. The highest BCUT2D eigenvalue weighted by Gasteiger charge is 2.39. The SMILES string of the molecule is CCC1CC(N2CCCC3(CCCNC3)C2)CCO1. The van der Waals surface area contributed by atoms with Gasteiger partial charge >= 0.3 is 0 Å². The summed E-state index contributed by atoms with van der Waals surface area (Å²) >= 11 is 0. The van der Waals surface area contributed by atoms with Gasteiger partial charge in [-0.2, -0.15) is 0 Å². The summed E-state index contributed by atoms with van der Waals surface area (Å²) in [6, 6.07) is 0.790. The van der Waals surface area contributed by atoms with Gasteiger partial charge in [-0.05, 0) is 63.5 Å². The maximum Gasteiger partial charge on any atom is 0.0587 e. The van der Waals surface area contributed by atoms with E-state index in [4.69, 9.17) is 4.74 Å². The van der Waals surface area contributed by atoms with E-state index in [0.717, 1.165) is 12.6 Å². The topological polar surface area (TPSA) is 24.5 Å². The Hall–Kier alpha value is -0.120. The molecular weight excluding hydrogens is 236 g/mol. The van der Waals surface area contributed by atoms with Gasteiger partial charge < -0.3 is 10.1 Å². The summed E-state index contributed by atoms with van der Waals surface area (Å²) in [5.74, 6) is 0. The lowest BCUT2D eigenvalue weighted by molar-refractivity contribution is -0.0501. The minimum atomic E-state index is 0.515. The maximum absolute atomic E-state index is 5.85. The highest BCUT2D eigenvalue weighted by molar-refractivity contribution is 4.94. The van der Waals surface area contributed by atoms with Crippen molar-refractivity contribution in [3.05, 3.63) is 0 Å². The fraction of sp³-hybridized carbons (Fsp3) is 1.00. The number of ether oxygens (including phenoxy) is 1. The molecule has 1 N–H and O–H groups in total. The fourth-order valence-electron chi connectivity index (χ4n) is 4.41. The molecule has 3 heteroatoms. The molecule has 3 saturated heterocycles. The first-order valence-corrected chi connectivity index (χ1v) is 8.38. The van der Waals surface area contributed by atoms with Crippen LogP contribution in [0.5, 0.6) is 0 Å². The molecule has 3 atom stereocenters. The fourth-order valence-corrected chi connectivity index (χ4v) is 4.41. The first-order valence-electron chi connectivity index (χ1n) is 8.38. The zero-order valence-corrected chi connectivity index (χ0v) is 12.5. The maximum atomic E-state index is 5.85. The first-order chi connectivity index (χ1) is 9.31. The van der Waals surface area contributed by atoms with Gasteiger partial charge in [0.2, 0.25) is 0 Å². The Bertz CT molecular complexity index is 283. The number of piperidine rings is 2. The smallest absolute Gasteiger partial charge is 0.0587 e. The summed E-state index contributed by atoms with van der Waals surface area (Å²) in [5.41, 5.74) is 0.594. The lowest BCUT2D eigenvalue weighted by atomic mass is 9.74. The second-order valence-corrected chi connectivity index (χ2v) is 6.93. The van der Waals surface area contributed by atoms with Gasteiger partial charge in [0.15, 0.2) is 0 Å². The van der Waals surface area contributed by atoms with Gasteiger partial charge in [0.1, 0.15) is 0 Å². The molecule has 3 rings (SSSR count). The Morgan fingerprint density at radius 2 is 2.21 bits per heavy atom. The van der Waals surface area contributed by atoms with Gasteiger partial charge in [-0.15, -0.1) is 0 Å². The van der Waals surface area contributed by atoms with Crippen LogP contribution < -0.4 is 5.32 Å². The Morgan fingerprint density at radius 3 is 3.00 bits per heavy atom. The summed E-state index contributed by atoms with van der Waals surface area (Å²) < 4.78 is 5.85. The molecule has 3 unspecified atom stereocenters. The van der Waals surface area contributed by atoms with Crippen LogP contribution in [0.25, 0.3) is 0 Å². The average molecular weight is 266 g/mol. The number of nitrogens with one attached hydrogen (secondary N) is 1. The van der Waals surface area contributed by atoms with E-state index in [-0.39, 0.29) is 0 Å². The molecule has 3 heterocycles. The molecule has 3 nitrogen and oxygen atoms in total. The standard InChI is InChI=1S/C16H30N2O/c1-2-15-11-14(5-10-19-15)18-9-4-7-16(13-18)6-3-8-17-12-16/h14-15,17H,2-13H2,1H3. The molecule has 1 spiro atoms. The van der Waals surface area contributed by atoms with Crippen LogP contribution in [0.1, 0.15) is 51.9 Å². The third-order valence-electron chi connectivity index (χ3n) is 5.56.